The van der Waals surface area contributed by atoms with E-state index in [4.69, 9.17) is 10.2 Å². The fourth-order valence-electron chi connectivity index (χ4n) is 4.72. The van der Waals surface area contributed by atoms with Gasteiger partial charge in [0.05, 0.1) is 17.3 Å². The zero-order valence-electron chi connectivity index (χ0n) is 21.6. The van der Waals surface area contributed by atoms with E-state index in [1.54, 1.807) is 23.1 Å². The number of carbonyl (C=O) groups excluding carboxylic acids is 1. The van der Waals surface area contributed by atoms with E-state index in [1.165, 1.54) is 4.52 Å². The van der Waals surface area contributed by atoms with E-state index >= 15 is 0 Å². The number of anilines is 1. The molecule has 0 fully saturated rings. The number of carbonyl (C=O) groups is 1. The van der Waals surface area contributed by atoms with Crippen LogP contribution in [0.3, 0.4) is 0 Å². The van der Waals surface area contributed by atoms with Crippen molar-refractivity contribution in [1.29, 1.82) is 0 Å². The third-order valence-corrected chi connectivity index (χ3v) is 6.52. The molecule has 0 aliphatic carbocycles. The summed E-state index contributed by atoms with van der Waals surface area (Å²) in [7, 11) is 1.88. The van der Waals surface area contributed by atoms with Crippen molar-refractivity contribution in [1.82, 2.24) is 29.7 Å². The van der Waals surface area contributed by atoms with Crippen LogP contribution in [0.5, 0.6) is 0 Å². The van der Waals surface area contributed by atoms with E-state index in [-0.39, 0.29) is 17.3 Å². The van der Waals surface area contributed by atoms with E-state index in [0.29, 0.717) is 17.0 Å². The molecule has 1 amide bonds. The van der Waals surface area contributed by atoms with Gasteiger partial charge in [0.15, 0.2) is 11.5 Å². The summed E-state index contributed by atoms with van der Waals surface area (Å²) < 4.78 is 9.59. The molecule has 4 aromatic heterocycles. The van der Waals surface area contributed by atoms with Crippen molar-refractivity contribution >= 4 is 28.3 Å². The van der Waals surface area contributed by atoms with Crippen LogP contribution < -0.4 is 11.1 Å². The zero-order chi connectivity index (χ0) is 27.1. The van der Waals surface area contributed by atoms with E-state index < -0.39 is 6.04 Å². The third kappa shape index (κ3) is 4.38. The first-order chi connectivity index (χ1) is 18.9. The van der Waals surface area contributed by atoms with Crippen LogP contribution in [-0.2, 0) is 7.05 Å². The smallest absolute Gasteiger partial charge is 0.259 e. The lowest BCUT2D eigenvalue weighted by Crippen LogP contribution is -2.27. The molecule has 0 saturated carbocycles. The Kier molecular flexibility index (Phi) is 5.85. The molecule has 9 heteroatoms. The normalized spacial score (nSPS) is 11.9. The third-order valence-electron chi connectivity index (χ3n) is 6.52. The van der Waals surface area contributed by atoms with Crippen molar-refractivity contribution < 1.29 is 9.21 Å². The standard InChI is InChI=1S/C30H25N7O2/c1-18-22(17-36(3)34-18)12-10-20-11-13-24-23(16-20)25(21-8-5-4-6-9-21)27(39-24)19(2)33-30(38)26-28(31)35-37-15-7-14-32-29(26)37/h4-9,11,13-17,19H,1-3H3,(H2,31,35)(H,33,38)/t19-/m0/s1. The second kappa shape index (κ2) is 9.50. The van der Waals surface area contributed by atoms with Gasteiger partial charge in [-0.3, -0.25) is 9.48 Å². The summed E-state index contributed by atoms with van der Waals surface area (Å²) in [4.78, 5) is 17.6. The number of aromatic nitrogens is 5. The lowest BCUT2D eigenvalue weighted by molar-refractivity contribution is 0.0938. The van der Waals surface area contributed by atoms with Crippen molar-refractivity contribution in [3.63, 3.8) is 0 Å². The first-order valence-electron chi connectivity index (χ1n) is 12.4. The van der Waals surface area contributed by atoms with Gasteiger partial charge in [-0.1, -0.05) is 42.2 Å². The summed E-state index contributed by atoms with van der Waals surface area (Å²) in [5.74, 6) is 6.82. The Balaban J connectivity index is 1.41. The van der Waals surface area contributed by atoms with Gasteiger partial charge < -0.3 is 15.5 Å². The average Bonchev–Trinajstić information content (AvgIpc) is 3.58. The highest BCUT2D eigenvalue weighted by Crippen LogP contribution is 2.38. The Hall–Kier alpha value is -5.36. The lowest BCUT2D eigenvalue weighted by Gasteiger charge is -2.14. The molecule has 4 heterocycles. The Labute approximate surface area is 224 Å². The molecule has 1 atom stereocenters. The highest BCUT2D eigenvalue weighted by Gasteiger charge is 2.25. The van der Waals surface area contributed by atoms with Crippen LogP contribution in [0.1, 0.15) is 45.9 Å². The summed E-state index contributed by atoms with van der Waals surface area (Å²) in [6, 6.07) is 17.1. The number of nitrogens with one attached hydrogen (secondary N) is 1. The second-order valence-electron chi connectivity index (χ2n) is 9.31. The van der Waals surface area contributed by atoms with Crippen LogP contribution in [0.25, 0.3) is 27.7 Å². The molecule has 6 rings (SSSR count). The van der Waals surface area contributed by atoms with Crippen LogP contribution in [-0.4, -0.2) is 30.3 Å². The fourth-order valence-corrected chi connectivity index (χ4v) is 4.72. The molecule has 0 unspecified atom stereocenters. The Morgan fingerprint density at radius 2 is 1.92 bits per heavy atom. The number of nitrogens with zero attached hydrogens (tertiary/aromatic N) is 5. The molecule has 39 heavy (non-hydrogen) atoms. The van der Waals surface area contributed by atoms with Crippen molar-refractivity contribution in [2.45, 2.75) is 19.9 Å². The monoisotopic (exact) mass is 515 g/mol. The number of aryl methyl sites for hydroxylation is 2. The van der Waals surface area contributed by atoms with E-state index in [1.807, 2.05) is 75.6 Å². The Bertz CT molecular complexity index is 1920. The SMILES string of the molecule is Cc1nn(C)cc1C#Cc1ccc2oc([C@H](C)NC(=O)c3c(N)nn4cccnc34)c(-c3ccccc3)c2c1. The maximum absolute atomic E-state index is 13.3. The van der Waals surface area contributed by atoms with Crippen LogP contribution in [0.2, 0.25) is 0 Å². The minimum atomic E-state index is -0.481. The Morgan fingerprint density at radius 1 is 1.10 bits per heavy atom. The maximum Gasteiger partial charge on any atom is 0.259 e. The van der Waals surface area contributed by atoms with Gasteiger partial charge in [-0.15, -0.1) is 5.10 Å². The van der Waals surface area contributed by atoms with Gasteiger partial charge in [-0.05, 0) is 43.7 Å². The molecule has 0 radical (unpaired) electrons. The Morgan fingerprint density at radius 3 is 2.69 bits per heavy atom. The van der Waals surface area contributed by atoms with Gasteiger partial charge in [-0.25, -0.2) is 9.50 Å². The molecular weight excluding hydrogens is 490 g/mol. The summed E-state index contributed by atoms with van der Waals surface area (Å²) in [5.41, 5.74) is 11.9. The number of fused-ring (bicyclic) bond motifs is 2. The molecule has 6 aromatic rings. The highest BCUT2D eigenvalue weighted by atomic mass is 16.3. The van der Waals surface area contributed by atoms with Crippen molar-refractivity contribution in [3.8, 4) is 23.0 Å². The van der Waals surface area contributed by atoms with Gasteiger partial charge in [-0.2, -0.15) is 5.10 Å². The maximum atomic E-state index is 13.3. The van der Waals surface area contributed by atoms with Crippen molar-refractivity contribution in [2.24, 2.45) is 7.05 Å². The summed E-state index contributed by atoms with van der Waals surface area (Å²) in [6.07, 6.45) is 5.20. The first kappa shape index (κ1) is 24.0. The summed E-state index contributed by atoms with van der Waals surface area (Å²) in [5, 5.41) is 12.5. The number of furan rings is 1. The second-order valence-corrected chi connectivity index (χ2v) is 9.31. The first-order valence-corrected chi connectivity index (χ1v) is 12.4. The topological polar surface area (TPSA) is 116 Å². The number of amides is 1. The molecule has 2 aromatic carbocycles. The van der Waals surface area contributed by atoms with Gasteiger partial charge in [0.2, 0.25) is 0 Å². The minimum Gasteiger partial charge on any atom is -0.458 e. The van der Waals surface area contributed by atoms with E-state index in [0.717, 1.165) is 33.3 Å². The van der Waals surface area contributed by atoms with Gasteiger partial charge in [0, 0.05) is 42.2 Å². The van der Waals surface area contributed by atoms with Gasteiger partial charge in [0.1, 0.15) is 16.9 Å². The van der Waals surface area contributed by atoms with E-state index in [9.17, 15) is 4.79 Å². The molecule has 0 aliphatic rings. The molecule has 3 N–H and O–H groups in total. The van der Waals surface area contributed by atoms with Crippen LogP contribution in [0.4, 0.5) is 5.82 Å². The molecule has 0 saturated heterocycles. The quantitative estimate of drug-likeness (QED) is 0.330. The molecule has 0 aliphatic heterocycles. The molecule has 0 bridgehead atoms. The van der Waals surface area contributed by atoms with Crippen molar-refractivity contribution in [2.75, 3.05) is 5.73 Å². The average molecular weight is 516 g/mol. The predicted molar refractivity (Wildman–Crippen MR) is 149 cm³/mol. The molecule has 192 valence electrons. The van der Waals surface area contributed by atoms with Crippen molar-refractivity contribution in [3.05, 3.63) is 101 Å². The number of rotatable bonds is 4. The summed E-state index contributed by atoms with van der Waals surface area (Å²) in [6.45, 7) is 3.82. The van der Waals surface area contributed by atoms with Gasteiger partial charge in [0.25, 0.3) is 5.91 Å². The highest BCUT2D eigenvalue weighted by molar-refractivity contribution is 6.04. The van der Waals surface area contributed by atoms with E-state index in [2.05, 4.69) is 32.3 Å². The number of nitrogen functional groups attached to an aromatic ring is 1. The number of hydrogen-bond acceptors (Lipinski definition) is 6. The number of nitrogens with two attached hydrogens (primary N) is 1. The zero-order valence-corrected chi connectivity index (χ0v) is 21.6. The number of benzene rings is 2. The van der Waals surface area contributed by atoms with Crippen LogP contribution >= 0.6 is 0 Å². The van der Waals surface area contributed by atoms with Crippen LogP contribution in [0.15, 0.2) is 77.6 Å². The molecule has 0 spiro atoms. The molecular formula is C30H25N7O2. The minimum absolute atomic E-state index is 0.110. The predicted octanol–water partition coefficient (Wildman–Crippen LogP) is 4.66. The van der Waals surface area contributed by atoms with Crippen LogP contribution in [0, 0.1) is 18.8 Å². The van der Waals surface area contributed by atoms with Gasteiger partial charge >= 0.3 is 0 Å². The fraction of sp³-hybridized carbons (Fsp3) is 0.133. The number of hydrogen-bond donors (Lipinski definition) is 2. The molecule has 9 nitrogen and oxygen atoms in total. The summed E-state index contributed by atoms with van der Waals surface area (Å²) >= 11 is 0. The lowest BCUT2D eigenvalue weighted by atomic mass is 9.98. The largest absolute Gasteiger partial charge is 0.458 e.